The van der Waals surface area contributed by atoms with Gasteiger partial charge in [0.05, 0.1) is 5.60 Å². The molecule has 1 heterocycles. The van der Waals surface area contributed by atoms with Gasteiger partial charge in [0.15, 0.2) is 0 Å². The van der Waals surface area contributed by atoms with Crippen molar-refractivity contribution in [3.05, 3.63) is 34.9 Å². The number of likely N-dealkylation sites (tertiary alicyclic amines) is 1. The predicted molar refractivity (Wildman–Crippen MR) is 142 cm³/mol. The lowest BCUT2D eigenvalue weighted by Crippen LogP contribution is -2.48. The number of carbonyl (C=O) groups is 1. The second kappa shape index (κ2) is 13.5. The summed E-state index contributed by atoms with van der Waals surface area (Å²) in [5, 5.41) is 15.7. The summed E-state index contributed by atoms with van der Waals surface area (Å²) >= 11 is 6.24. The molecule has 1 amide bonds. The molecule has 1 aromatic rings. The zero-order valence-corrected chi connectivity index (χ0v) is 22.8. The van der Waals surface area contributed by atoms with Gasteiger partial charge in [-0.2, -0.15) is 0 Å². The summed E-state index contributed by atoms with van der Waals surface area (Å²) in [6.07, 6.45) is 9.73. The molecule has 3 atom stereocenters. The fraction of sp³-hybridized carbons (Fsp3) is 0.759. The van der Waals surface area contributed by atoms with Gasteiger partial charge in [0.2, 0.25) is 11.8 Å². The van der Waals surface area contributed by atoms with Crippen molar-refractivity contribution < 1.29 is 18.7 Å². The normalized spacial score (nSPS) is 22.3. The van der Waals surface area contributed by atoms with Gasteiger partial charge < -0.3 is 15.3 Å². The summed E-state index contributed by atoms with van der Waals surface area (Å²) in [6, 6.07) is 7.09. The second-order valence-corrected chi connectivity index (χ2v) is 11.8. The van der Waals surface area contributed by atoms with Gasteiger partial charge in [-0.05, 0) is 82.2 Å². The van der Waals surface area contributed by atoms with E-state index >= 15 is 0 Å². The maximum Gasteiger partial charge on any atom is 0.245 e. The number of piperidine rings is 1. The van der Waals surface area contributed by atoms with Gasteiger partial charge in [0, 0.05) is 36.9 Å². The van der Waals surface area contributed by atoms with Crippen molar-refractivity contribution in [2.45, 2.75) is 95.5 Å². The highest BCUT2D eigenvalue weighted by Crippen LogP contribution is 2.41. The molecule has 2 aliphatic rings. The standard InChI is InChI=1S/C29H45ClF2N2O2/c1-28(31,32)14-8-15-29(36,24-11-6-13-26(30)19-24)25-12-7-16-34(21-25)27(35)18-23(20-33-2)17-22-9-4-3-5-10-22/h6,11,13,19,22-23,25,33,36H,3-5,7-10,12,14-18,20-21H2,1-2H3/t23-,25-,29-/m1/s1. The maximum absolute atomic E-state index is 13.6. The smallest absolute Gasteiger partial charge is 0.245 e. The van der Waals surface area contributed by atoms with Crippen LogP contribution in [0.25, 0.3) is 0 Å². The van der Waals surface area contributed by atoms with Crippen molar-refractivity contribution in [1.29, 1.82) is 0 Å². The van der Waals surface area contributed by atoms with E-state index in [0.717, 1.165) is 32.7 Å². The first kappa shape index (κ1) is 29.3. The van der Waals surface area contributed by atoms with E-state index in [1.807, 2.05) is 18.0 Å². The van der Waals surface area contributed by atoms with Gasteiger partial charge in [-0.3, -0.25) is 4.79 Å². The van der Waals surface area contributed by atoms with Crippen LogP contribution in [0.1, 0.15) is 89.5 Å². The number of nitrogens with zero attached hydrogens (tertiary/aromatic N) is 1. The molecular weight excluding hydrogens is 482 g/mol. The largest absolute Gasteiger partial charge is 0.385 e. The zero-order chi connectivity index (χ0) is 26.2. The Labute approximate surface area is 221 Å². The Morgan fingerprint density at radius 1 is 1.19 bits per heavy atom. The topological polar surface area (TPSA) is 52.6 Å². The van der Waals surface area contributed by atoms with Crippen LogP contribution >= 0.6 is 11.6 Å². The van der Waals surface area contributed by atoms with Crippen LogP contribution in [-0.4, -0.2) is 48.5 Å². The number of hydrogen-bond donors (Lipinski definition) is 2. The Hall–Kier alpha value is -1.24. The molecule has 0 unspecified atom stereocenters. The van der Waals surface area contributed by atoms with E-state index in [2.05, 4.69) is 5.32 Å². The van der Waals surface area contributed by atoms with E-state index in [-0.39, 0.29) is 31.1 Å². The number of aliphatic hydroxyl groups is 1. The van der Waals surface area contributed by atoms with Gasteiger partial charge in [-0.25, -0.2) is 8.78 Å². The minimum Gasteiger partial charge on any atom is -0.385 e. The van der Waals surface area contributed by atoms with Crippen LogP contribution in [0.4, 0.5) is 8.78 Å². The van der Waals surface area contributed by atoms with Crippen LogP contribution in [0.5, 0.6) is 0 Å². The molecule has 0 aromatic heterocycles. The quantitative estimate of drug-likeness (QED) is 0.315. The minimum atomic E-state index is -2.77. The first-order chi connectivity index (χ1) is 17.1. The summed E-state index contributed by atoms with van der Waals surface area (Å²) < 4.78 is 27.1. The molecule has 1 aromatic carbocycles. The third-order valence-electron chi connectivity index (χ3n) is 8.30. The molecule has 4 nitrogen and oxygen atoms in total. The van der Waals surface area contributed by atoms with Crippen LogP contribution in [0.2, 0.25) is 5.02 Å². The maximum atomic E-state index is 13.6. The first-order valence-electron chi connectivity index (χ1n) is 13.9. The minimum absolute atomic E-state index is 0.143. The molecule has 1 saturated heterocycles. The number of alkyl halides is 2. The molecule has 3 rings (SSSR count). The van der Waals surface area contributed by atoms with E-state index in [4.69, 9.17) is 11.6 Å². The highest BCUT2D eigenvalue weighted by Gasteiger charge is 2.42. The summed E-state index contributed by atoms with van der Waals surface area (Å²) in [4.78, 5) is 15.3. The van der Waals surface area contributed by atoms with E-state index in [9.17, 15) is 18.7 Å². The molecule has 0 spiro atoms. The Balaban J connectivity index is 1.70. The molecule has 1 aliphatic heterocycles. The average molecular weight is 527 g/mol. The fourth-order valence-corrected chi connectivity index (χ4v) is 6.59. The Morgan fingerprint density at radius 2 is 1.94 bits per heavy atom. The van der Waals surface area contributed by atoms with Crippen LogP contribution in [-0.2, 0) is 10.4 Å². The molecular formula is C29H45ClF2N2O2. The summed E-state index contributed by atoms with van der Waals surface area (Å²) in [5.74, 6) is -1.83. The predicted octanol–water partition coefficient (Wildman–Crippen LogP) is 6.79. The monoisotopic (exact) mass is 526 g/mol. The number of carbonyl (C=O) groups excluding carboxylic acids is 1. The van der Waals surface area contributed by atoms with Crippen LogP contribution in [0, 0.1) is 17.8 Å². The summed E-state index contributed by atoms with van der Waals surface area (Å²) in [7, 11) is 1.94. The van der Waals surface area contributed by atoms with Crippen molar-refractivity contribution in [3.8, 4) is 0 Å². The first-order valence-corrected chi connectivity index (χ1v) is 14.3. The molecule has 2 N–H and O–H groups in total. The molecule has 1 aliphatic carbocycles. The molecule has 204 valence electrons. The molecule has 0 radical (unpaired) electrons. The van der Waals surface area contributed by atoms with E-state index < -0.39 is 11.5 Å². The third kappa shape index (κ3) is 8.66. The van der Waals surface area contributed by atoms with Gasteiger partial charge in [0.1, 0.15) is 0 Å². The molecule has 0 bridgehead atoms. The molecule has 36 heavy (non-hydrogen) atoms. The third-order valence-corrected chi connectivity index (χ3v) is 8.53. The van der Waals surface area contributed by atoms with Crippen molar-refractivity contribution in [3.63, 3.8) is 0 Å². The summed E-state index contributed by atoms with van der Waals surface area (Å²) in [6.45, 7) is 2.88. The van der Waals surface area contributed by atoms with E-state index in [1.165, 1.54) is 32.1 Å². The lowest BCUT2D eigenvalue weighted by molar-refractivity contribution is -0.138. The summed E-state index contributed by atoms with van der Waals surface area (Å²) in [5.41, 5.74) is -0.652. The lowest BCUT2D eigenvalue weighted by Gasteiger charge is -2.43. The number of nitrogens with one attached hydrogen (secondary N) is 1. The average Bonchev–Trinajstić information content (AvgIpc) is 2.84. The van der Waals surface area contributed by atoms with E-state index in [0.29, 0.717) is 41.9 Å². The SMILES string of the molecule is CNC[C@@H](CC(=O)N1CCC[C@@H]([C@@](O)(CCCC(C)(F)F)c2cccc(Cl)c2)C1)CC1CCCCC1. The molecule has 1 saturated carbocycles. The van der Waals surface area contributed by atoms with Crippen LogP contribution in [0.15, 0.2) is 24.3 Å². The molecule has 2 fully saturated rings. The zero-order valence-electron chi connectivity index (χ0n) is 22.1. The van der Waals surface area contributed by atoms with Crippen molar-refractivity contribution in [2.75, 3.05) is 26.7 Å². The van der Waals surface area contributed by atoms with Crippen LogP contribution in [0.3, 0.4) is 0 Å². The van der Waals surface area contributed by atoms with Gasteiger partial charge in [0.25, 0.3) is 0 Å². The van der Waals surface area contributed by atoms with Crippen molar-refractivity contribution in [2.24, 2.45) is 17.8 Å². The van der Waals surface area contributed by atoms with E-state index in [1.54, 1.807) is 18.2 Å². The number of rotatable bonds is 12. The molecule has 7 heteroatoms. The highest BCUT2D eigenvalue weighted by molar-refractivity contribution is 6.30. The van der Waals surface area contributed by atoms with Gasteiger partial charge in [-0.15, -0.1) is 0 Å². The number of hydrogen-bond acceptors (Lipinski definition) is 3. The fourth-order valence-electron chi connectivity index (χ4n) is 6.40. The van der Waals surface area contributed by atoms with Crippen molar-refractivity contribution >= 4 is 17.5 Å². The van der Waals surface area contributed by atoms with Gasteiger partial charge in [-0.1, -0.05) is 55.8 Å². The van der Waals surface area contributed by atoms with Crippen LogP contribution < -0.4 is 5.32 Å². The number of amides is 1. The number of halogens is 3. The Morgan fingerprint density at radius 3 is 2.61 bits per heavy atom. The Kier molecular flexibility index (Phi) is 11.0. The van der Waals surface area contributed by atoms with Gasteiger partial charge >= 0.3 is 0 Å². The Bertz CT molecular complexity index is 828. The number of benzene rings is 1. The lowest BCUT2D eigenvalue weighted by atomic mass is 9.74. The second-order valence-electron chi connectivity index (χ2n) is 11.4. The van der Waals surface area contributed by atoms with Crippen molar-refractivity contribution in [1.82, 2.24) is 10.2 Å². The highest BCUT2D eigenvalue weighted by atomic mass is 35.5.